The van der Waals surface area contributed by atoms with Crippen LogP contribution in [0.5, 0.6) is 0 Å². The fourth-order valence-corrected chi connectivity index (χ4v) is 2.15. The van der Waals surface area contributed by atoms with E-state index >= 15 is 0 Å². The lowest BCUT2D eigenvalue weighted by atomic mass is 10.1. The van der Waals surface area contributed by atoms with Crippen LogP contribution in [0.4, 0.5) is 4.79 Å². The van der Waals surface area contributed by atoms with Crippen molar-refractivity contribution in [1.82, 2.24) is 15.5 Å². The largest absolute Gasteiger partial charge is 0.480 e. The van der Waals surface area contributed by atoms with Gasteiger partial charge in [-0.2, -0.15) is 0 Å². The second-order valence-electron chi connectivity index (χ2n) is 6.23. The molecule has 8 nitrogen and oxygen atoms in total. The molecule has 0 saturated carbocycles. The Morgan fingerprint density at radius 3 is 2.73 bits per heavy atom. The van der Waals surface area contributed by atoms with Crippen molar-refractivity contribution in [3.8, 4) is 0 Å². The molecule has 1 rings (SSSR count). The third kappa shape index (κ3) is 6.75. The summed E-state index contributed by atoms with van der Waals surface area (Å²) in [5, 5.41) is 14.5. The molecular weight excluding hydrogens is 290 g/mol. The summed E-state index contributed by atoms with van der Waals surface area (Å²) >= 11 is 0. The number of hydrogen-bond acceptors (Lipinski definition) is 5. The maximum Gasteiger partial charge on any atom is 0.407 e. The average Bonchev–Trinajstić information content (AvgIpc) is 2.36. The van der Waals surface area contributed by atoms with Crippen molar-refractivity contribution >= 4 is 18.0 Å². The molecule has 1 atom stereocenters. The van der Waals surface area contributed by atoms with Crippen LogP contribution < -0.4 is 10.6 Å². The van der Waals surface area contributed by atoms with Crippen molar-refractivity contribution in [1.29, 1.82) is 0 Å². The quantitative estimate of drug-likeness (QED) is 0.603. The van der Waals surface area contributed by atoms with Gasteiger partial charge in [0.15, 0.2) is 0 Å². The van der Waals surface area contributed by atoms with Gasteiger partial charge in [0.1, 0.15) is 12.1 Å². The minimum atomic E-state index is -1.01. The molecule has 0 aromatic carbocycles. The Kier molecular flexibility index (Phi) is 6.61. The van der Waals surface area contributed by atoms with Crippen LogP contribution in [0.15, 0.2) is 0 Å². The fraction of sp³-hybridized carbons (Fsp3) is 0.786. The number of nitrogens with zero attached hydrogens (tertiary/aromatic N) is 1. The van der Waals surface area contributed by atoms with Gasteiger partial charge in [0.2, 0.25) is 5.91 Å². The Bertz CT molecular complexity index is 419. The van der Waals surface area contributed by atoms with Gasteiger partial charge in [-0.05, 0) is 33.6 Å². The summed E-state index contributed by atoms with van der Waals surface area (Å²) in [5.74, 6) is -1.22. The minimum absolute atomic E-state index is 0.203. The number of piperazine rings is 1. The number of carboxylic acid groups (broad SMARTS) is 1. The smallest absolute Gasteiger partial charge is 0.407 e. The van der Waals surface area contributed by atoms with Crippen LogP contribution in [0, 0.1) is 0 Å². The first-order valence-corrected chi connectivity index (χ1v) is 7.40. The first kappa shape index (κ1) is 18.2. The Morgan fingerprint density at radius 2 is 2.14 bits per heavy atom. The second kappa shape index (κ2) is 7.98. The molecule has 0 spiro atoms. The van der Waals surface area contributed by atoms with Crippen LogP contribution >= 0.6 is 0 Å². The van der Waals surface area contributed by atoms with E-state index in [1.165, 1.54) is 4.90 Å². The van der Waals surface area contributed by atoms with Gasteiger partial charge in [-0.15, -0.1) is 0 Å². The van der Waals surface area contributed by atoms with Crippen LogP contribution in [0.25, 0.3) is 0 Å². The van der Waals surface area contributed by atoms with Crippen LogP contribution in [0.3, 0.4) is 0 Å². The number of carbonyl (C=O) groups is 3. The Labute approximate surface area is 130 Å². The van der Waals surface area contributed by atoms with Crippen LogP contribution in [0.2, 0.25) is 0 Å². The average molecular weight is 315 g/mol. The third-order valence-corrected chi connectivity index (χ3v) is 3.05. The summed E-state index contributed by atoms with van der Waals surface area (Å²) in [5.41, 5.74) is -0.539. The van der Waals surface area contributed by atoms with E-state index in [1.807, 2.05) is 0 Å². The summed E-state index contributed by atoms with van der Waals surface area (Å²) in [6.45, 7) is 6.46. The molecule has 1 saturated heterocycles. The number of ether oxygens (including phenoxy) is 1. The van der Waals surface area contributed by atoms with Crippen molar-refractivity contribution in [2.24, 2.45) is 0 Å². The molecule has 1 aliphatic heterocycles. The first-order chi connectivity index (χ1) is 10.2. The summed E-state index contributed by atoms with van der Waals surface area (Å²) in [7, 11) is 0. The molecule has 0 bridgehead atoms. The van der Waals surface area contributed by atoms with Crippen molar-refractivity contribution < 1.29 is 24.2 Å². The van der Waals surface area contributed by atoms with E-state index in [2.05, 4.69) is 10.6 Å². The maximum atomic E-state index is 12.1. The van der Waals surface area contributed by atoms with Gasteiger partial charge in [-0.25, -0.2) is 4.79 Å². The Hall–Kier alpha value is -1.83. The number of amides is 2. The summed E-state index contributed by atoms with van der Waals surface area (Å²) < 4.78 is 5.11. The zero-order valence-corrected chi connectivity index (χ0v) is 13.3. The number of alkyl carbamates (subject to hydrolysis) is 1. The molecule has 1 aliphatic rings. The van der Waals surface area contributed by atoms with Crippen LogP contribution in [0.1, 0.15) is 33.6 Å². The highest BCUT2D eigenvalue weighted by Crippen LogP contribution is 2.08. The van der Waals surface area contributed by atoms with Gasteiger partial charge in [-0.3, -0.25) is 9.59 Å². The van der Waals surface area contributed by atoms with Gasteiger partial charge >= 0.3 is 12.1 Å². The van der Waals surface area contributed by atoms with Crippen molar-refractivity contribution in [3.63, 3.8) is 0 Å². The van der Waals surface area contributed by atoms with Gasteiger partial charge < -0.3 is 25.4 Å². The number of nitrogens with one attached hydrogen (secondary N) is 2. The molecular formula is C14H25N3O5. The predicted molar refractivity (Wildman–Crippen MR) is 79.5 cm³/mol. The van der Waals surface area contributed by atoms with Crippen molar-refractivity contribution in [2.75, 3.05) is 26.2 Å². The standard InChI is InChI=1S/C14H25N3O5/c1-14(2,3)22-13(21)16-6-4-5-10-12(20)17(8-7-15-10)9-11(18)19/h10,15H,4-9H2,1-3H3,(H,16,21)(H,18,19)/t10-/m0/s1. The highest BCUT2D eigenvalue weighted by atomic mass is 16.6. The highest BCUT2D eigenvalue weighted by Gasteiger charge is 2.28. The van der Waals surface area contributed by atoms with E-state index in [9.17, 15) is 14.4 Å². The van der Waals surface area contributed by atoms with Crippen molar-refractivity contribution in [2.45, 2.75) is 45.3 Å². The molecule has 126 valence electrons. The lowest BCUT2D eigenvalue weighted by Gasteiger charge is -2.32. The van der Waals surface area contributed by atoms with E-state index in [4.69, 9.17) is 9.84 Å². The number of carbonyl (C=O) groups excluding carboxylic acids is 2. The van der Waals surface area contributed by atoms with Gasteiger partial charge in [0.25, 0.3) is 0 Å². The number of hydrogen-bond donors (Lipinski definition) is 3. The first-order valence-electron chi connectivity index (χ1n) is 7.40. The zero-order valence-electron chi connectivity index (χ0n) is 13.3. The molecule has 8 heteroatoms. The fourth-order valence-electron chi connectivity index (χ4n) is 2.15. The molecule has 22 heavy (non-hydrogen) atoms. The lowest BCUT2D eigenvalue weighted by Crippen LogP contribution is -2.56. The lowest BCUT2D eigenvalue weighted by molar-refractivity contribution is -0.146. The molecule has 0 aromatic heterocycles. The highest BCUT2D eigenvalue weighted by molar-refractivity contribution is 5.86. The predicted octanol–water partition coefficient (Wildman–Crippen LogP) is 0.176. The van der Waals surface area contributed by atoms with Crippen LogP contribution in [-0.4, -0.2) is 65.8 Å². The summed E-state index contributed by atoms with van der Waals surface area (Å²) in [4.78, 5) is 35.6. The normalized spacial score (nSPS) is 19.0. The number of carboxylic acids is 1. The molecule has 1 fully saturated rings. The molecule has 1 heterocycles. The zero-order chi connectivity index (χ0) is 16.8. The minimum Gasteiger partial charge on any atom is -0.480 e. The van der Waals surface area contributed by atoms with E-state index < -0.39 is 23.7 Å². The summed E-state index contributed by atoms with van der Waals surface area (Å²) in [6.07, 6.45) is 0.650. The van der Waals surface area contributed by atoms with Gasteiger partial charge in [0.05, 0.1) is 6.04 Å². The molecule has 2 amide bonds. The molecule has 3 N–H and O–H groups in total. The number of aliphatic carboxylic acids is 1. The Morgan fingerprint density at radius 1 is 1.45 bits per heavy atom. The topological polar surface area (TPSA) is 108 Å². The van der Waals surface area contributed by atoms with Crippen LogP contribution in [-0.2, 0) is 14.3 Å². The molecule has 0 radical (unpaired) electrons. The molecule has 0 aliphatic carbocycles. The van der Waals surface area contributed by atoms with Crippen molar-refractivity contribution in [3.05, 3.63) is 0 Å². The maximum absolute atomic E-state index is 12.1. The monoisotopic (exact) mass is 315 g/mol. The third-order valence-electron chi connectivity index (χ3n) is 3.05. The van der Waals surface area contributed by atoms with Gasteiger partial charge in [0, 0.05) is 19.6 Å². The summed E-state index contributed by atoms with van der Waals surface area (Å²) in [6, 6.07) is -0.395. The molecule has 0 unspecified atom stereocenters. The van der Waals surface area contributed by atoms with E-state index in [-0.39, 0.29) is 12.5 Å². The Balaban J connectivity index is 2.28. The van der Waals surface area contributed by atoms with E-state index in [0.717, 1.165) is 0 Å². The second-order valence-corrected chi connectivity index (χ2v) is 6.23. The van der Waals surface area contributed by atoms with E-state index in [1.54, 1.807) is 20.8 Å². The van der Waals surface area contributed by atoms with Gasteiger partial charge in [-0.1, -0.05) is 0 Å². The SMILES string of the molecule is CC(C)(C)OC(=O)NCCC[C@@H]1NCCN(CC(=O)O)C1=O. The molecule has 0 aromatic rings. The van der Waals surface area contributed by atoms with E-state index in [0.29, 0.717) is 32.5 Å². The number of rotatable bonds is 6.